The topological polar surface area (TPSA) is 139 Å². The highest BCUT2D eigenvalue weighted by atomic mass is 32.1. The molecule has 12 heteroatoms. The maximum atomic E-state index is 12.7. The summed E-state index contributed by atoms with van der Waals surface area (Å²) in [5.74, 6) is -4.78. The van der Waals surface area contributed by atoms with Gasteiger partial charge in [-0.3, -0.25) is 19.2 Å². The van der Waals surface area contributed by atoms with E-state index in [1.54, 1.807) is 86.6 Å². The highest BCUT2D eigenvalue weighted by molar-refractivity contribution is 7.14. The zero-order valence-corrected chi connectivity index (χ0v) is 28.3. The van der Waals surface area contributed by atoms with Gasteiger partial charge in [0.25, 0.3) is 0 Å². The molecule has 0 aliphatic rings. The van der Waals surface area contributed by atoms with Crippen LogP contribution >= 0.6 is 22.7 Å². The van der Waals surface area contributed by atoms with Gasteiger partial charge in [-0.05, 0) is 52.0 Å². The molecule has 2 heterocycles. The van der Waals surface area contributed by atoms with Crippen LogP contribution in [0.2, 0.25) is 0 Å². The predicted octanol–water partition coefficient (Wildman–Crippen LogP) is 6.13. The van der Waals surface area contributed by atoms with Gasteiger partial charge in [0.15, 0.2) is 12.2 Å². The van der Waals surface area contributed by atoms with Gasteiger partial charge in [-0.25, -0.2) is 9.59 Å². The molecular weight excluding hydrogens is 657 g/mol. The maximum absolute atomic E-state index is 12.7. The average molecular weight is 691 g/mol. The number of carbonyl (C=O) groups is 6. The average Bonchev–Trinajstić information content (AvgIpc) is 3.80. The molecule has 0 saturated heterocycles. The van der Waals surface area contributed by atoms with Gasteiger partial charge in [0.05, 0.1) is 21.6 Å². The molecule has 0 N–H and O–H groups in total. The lowest BCUT2D eigenvalue weighted by Crippen LogP contribution is -2.31. The first-order valence-corrected chi connectivity index (χ1v) is 16.7. The standard InChI is InChI=1S/C36H34O10S2/c1-21(27-15-17-29(47-27)31(37)25-11-7-5-8-12-25)33(39)45-23(3)35(41)43-19-20-44-36(42)24(4)46-34(40)22(2)28-16-18-30(48-28)32(38)26-13-9-6-10-14-26/h5-18,21-24H,19-20H2,1-4H3. The molecule has 4 aromatic rings. The van der Waals surface area contributed by atoms with Gasteiger partial charge >= 0.3 is 23.9 Å². The van der Waals surface area contributed by atoms with Crippen LogP contribution in [0.15, 0.2) is 84.9 Å². The van der Waals surface area contributed by atoms with Crippen LogP contribution < -0.4 is 0 Å². The Kier molecular flexibility index (Phi) is 12.5. The van der Waals surface area contributed by atoms with Crippen molar-refractivity contribution < 1.29 is 47.7 Å². The van der Waals surface area contributed by atoms with E-state index in [-0.39, 0.29) is 24.8 Å². The zero-order chi connectivity index (χ0) is 34.8. The van der Waals surface area contributed by atoms with Gasteiger partial charge in [-0.15, -0.1) is 22.7 Å². The highest BCUT2D eigenvalue weighted by Crippen LogP contribution is 2.29. The third-order valence-corrected chi connectivity index (χ3v) is 9.69. The molecule has 0 aliphatic heterocycles. The fourth-order valence-electron chi connectivity index (χ4n) is 4.28. The van der Waals surface area contributed by atoms with Crippen molar-refractivity contribution in [1.82, 2.24) is 0 Å². The van der Waals surface area contributed by atoms with Crippen LogP contribution in [0.4, 0.5) is 0 Å². The number of hydrogen-bond acceptors (Lipinski definition) is 12. The van der Waals surface area contributed by atoms with E-state index >= 15 is 0 Å². The van der Waals surface area contributed by atoms with Crippen LogP contribution in [0.1, 0.15) is 79.8 Å². The highest BCUT2D eigenvalue weighted by Gasteiger charge is 2.28. The number of thiophene rings is 2. The van der Waals surface area contributed by atoms with Crippen LogP contribution in [0.3, 0.4) is 0 Å². The van der Waals surface area contributed by atoms with Crippen molar-refractivity contribution in [2.75, 3.05) is 13.2 Å². The quantitative estimate of drug-likeness (QED) is 0.0620. The minimum Gasteiger partial charge on any atom is -0.459 e. The Hall–Kier alpha value is -4.94. The van der Waals surface area contributed by atoms with Crippen molar-refractivity contribution in [2.24, 2.45) is 0 Å². The normalized spacial score (nSPS) is 13.3. The molecule has 4 rings (SSSR count). The monoisotopic (exact) mass is 690 g/mol. The minimum absolute atomic E-state index is 0.155. The largest absolute Gasteiger partial charge is 0.459 e. The van der Waals surface area contributed by atoms with E-state index < -0.39 is 47.9 Å². The number of carbonyl (C=O) groups excluding carboxylic acids is 6. The number of ether oxygens (including phenoxy) is 4. The van der Waals surface area contributed by atoms with Crippen molar-refractivity contribution in [3.8, 4) is 0 Å². The maximum Gasteiger partial charge on any atom is 0.347 e. The Morgan fingerprint density at radius 1 is 0.500 bits per heavy atom. The second-order valence-electron chi connectivity index (χ2n) is 10.7. The Morgan fingerprint density at radius 3 is 1.21 bits per heavy atom. The number of hydrogen-bond donors (Lipinski definition) is 0. The molecule has 250 valence electrons. The third kappa shape index (κ3) is 9.33. The molecular formula is C36H34O10S2. The van der Waals surface area contributed by atoms with Gasteiger partial charge in [0.1, 0.15) is 13.2 Å². The van der Waals surface area contributed by atoms with E-state index in [2.05, 4.69) is 0 Å². The van der Waals surface area contributed by atoms with Crippen molar-refractivity contribution >= 4 is 58.1 Å². The molecule has 0 radical (unpaired) electrons. The molecule has 0 amide bonds. The summed E-state index contributed by atoms with van der Waals surface area (Å²) in [6.45, 7) is 5.30. The number of esters is 4. The molecule has 0 aliphatic carbocycles. The van der Waals surface area contributed by atoms with Crippen LogP contribution in [-0.4, -0.2) is 60.9 Å². The summed E-state index contributed by atoms with van der Waals surface area (Å²) in [7, 11) is 0. The first-order chi connectivity index (χ1) is 23.0. The molecule has 4 unspecified atom stereocenters. The van der Waals surface area contributed by atoms with Gasteiger partial charge in [-0.2, -0.15) is 0 Å². The molecule has 2 aromatic heterocycles. The summed E-state index contributed by atoms with van der Waals surface area (Å²) in [5.41, 5.74) is 1.07. The fraction of sp³-hybridized carbons (Fsp3) is 0.278. The molecule has 0 bridgehead atoms. The fourth-order valence-corrected chi connectivity index (χ4v) is 6.30. The van der Waals surface area contributed by atoms with E-state index in [0.717, 1.165) is 0 Å². The van der Waals surface area contributed by atoms with Crippen molar-refractivity contribution in [1.29, 1.82) is 0 Å². The second-order valence-corrected chi connectivity index (χ2v) is 13.0. The lowest BCUT2D eigenvalue weighted by atomic mass is 10.1. The van der Waals surface area contributed by atoms with E-state index in [4.69, 9.17) is 18.9 Å². The summed E-state index contributed by atoms with van der Waals surface area (Å²) in [6, 6.07) is 24.2. The first kappa shape index (κ1) is 35.9. The van der Waals surface area contributed by atoms with Gasteiger partial charge in [-0.1, -0.05) is 60.7 Å². The van der Waals surface area contributed by atoms with Crippen LogP contribution in [0.25, 0.3) is 0 Å². The summed E-state index contributed by atoms with van der Waals surface area (Å²) < 4.78 is 20.7. The lowest BCUT2D eigenvalue weighted by Gasteiger charge is -2.17. The Bertz CT molecular complexity index is 1630. The number of rotatable bonds is 15. The summed E-state index contributed by atoms with van der Waals surface area (Å²) in [5, 5.41) is 0. The first-order valence-electron chi connectivity index (χ1n) is 15.1. The Morgan fingerprint density at radius 2 is 0.854 bits per heavy atom. The molecule has 0 spiro atoms. The molecule has 2 aromatic carbocycles. The molecule has 4 atom stereocenters. The Labute approximate surface area is 285 Å². The van der Waals surface area contributed by atoms with Crippen LogP contribution in [0, 0.1) is 0 Å². The van der Waals surface area contributed by atoms with Crippen LogP contribution in [-0.2, 0) is 38.1 Å². The summed E-state index contributed by atoms with van der Waals surface area (Å²) in [6.07, 6.45) is -2.47. The van der Waals surface area contributed by atoms with E-state index in [1.807, 2.05) is 12.1 Å². The minimum atomic E-state index is -1.23. The van der Waals surface area contributed by atoms with Gasteiger partial charge in [0, 0.05) is 20.9 Å². The number of benzene rings is 2. The molecule has 0 saturated carbocycles. The smallest absolute Gasteiger partial charge is 0.347 e. The Balaban J connectivity index is 1.16. The molecule has 48 heavy (non-hydrogen) atoms. The van der Waals surface area contributed by atoms with Crippen LogP contribution in [0.5, 0.6) is 0 Å². The number of ketones is 2. The van der Waals surface area contributed by atoms with E-state index in [1.165, 1.54) is 36.5 Å². The lowest BCUT2D eigenvalue weighted by molar-refractivity contribution is -0.172. The van der Waals surface area contributed by atoms with Crippen molar-refractivity contribution in [3.05, 3.63) is 116 Å². The summed E-state index contributed by atoms with van der Waals surface area (Å²) >= 11 is 2.35. The third-order valence-electron chi connectivity index (χ3n) is 7.16. The molecule has 0 fully saturated rings. The second kappa shape index (κ2) is 16.8. The zero-order valence-electron chi connectivity index (χ0n) is 26.7. The van der Waals surface area contributed by atoms with E-state index in [9.17, 15) is 28.8 Å². The van der Waals surface area contributed by atoms with E-state index in [0.29, 0.717) is 30.6 Å². The van der Waals surface area contributed by atoms with Crippen molar-refractivity contribution in [2.45, 2.75) is 51.7 Å². The summed E-state index contributed by atoms with van der Waals surface area (Å²) in [4.78, 5) is 77.6. The van der Waals surface area contributed by atoms with Gasteiger partial charge < -0.3 is 18.9 Å². The predicted molar refractivity (Wildman–Crippen MR) is 178 cm³/mol. The van der Waals surface area contributed by atoms with Crippen molar-refractivity contribution in [3.63, 3.8) is 0 Å². The van der Waals surface area contributed by atoms with Gasteiger partial charge in [0.2, 0.25) is 11.6 Å². The SMILES string of the molecule is CC(OC(=O)C(C)c1ccc(C(=O)c2ccccc2)s1)C(=O)OCCOC(=O)C(C)OC(=O)C(C)c1ccc(C(=O)c2ccccc2)s1. The molecule has 10 nitrogen and oxygen atoms in total.